The van der Waals surface area contributed by atoms with Gasteiger partial charge < -0.3 is 14.6 Å². The molecule has 0 radical (unpaired) electrons. The molecule has 5 nitrogen and oxygen atoms in total. The standard InChI is InChI=1S/C15H19NO4S/c1-8-5-9-6-13(19-2)10(7-12(9)20-8)14-16-11(15(17)18)3-4-21-14/h6-8,11,14,16H,3-5H2,1-2H3,(H,17,18). The van der Waals surface area contributed by atoms with Gasteiger partial charge in [0.05, 0.1) is 12.5 Å². The minimum absolute atomic E-state index is 0.0837. The Kier molecular flexibility index (Phi) is 3.99. The van der Waals surface area contributed by atoms with Crippen molar-refractivity contribution in [3.8, 4) is 11.5 Å². The van der Waals surface area contributed by atoms with E-state index in [4.69, 9.17) is 9.47 Å². The van der Waals surface area contributed by atoms with Gasteiger partial charge >= 0.3 is 5.97 Å². The summed E-state index contributed by atoms with van der Waals surface area (Å²) in [7, 11) is 1.65. The maximum Gasteiger partial charge on any atom is 0.320 e. The monoisotopic (exact) mass is 309 g/mol. The van der Waals surface area contributed by atoms with Gasteiger partial charge in [-0.1, -0.05) is 0 Å². The fourth-order valence-corrected chi connectivity index (χ4v) is 4.06. The minimum Gasteiger partial charge on any atom is -0.496 e. The van der Waals surface area contributed by atoms with E-state index >= 15 is 0 Å². The van der Waals surface area contributed by atoms with E-state index < -0.39 is 12.0 Å². The van der Waals surface area contributed by atoms with Crippen LogP contribution in [0.4, 0.5) is 0 Å². The normalized spacial score (nSPS) is 27.8. The lowest BCUT2D eigenvalue weighted by Gasteiger charge is -2.29. The molecule has 1 saturated heterocycles. The van der Waals surface area contributed by atoms with E-state index in [1.54, 1.807) is 18.9 Å². The molecule has 0 amide bonds. The summed E-state index contributed by atoms with van der Waals surface area (Å²) >= 11 is 1.70. The number of carboxylic acids is 1. The summed E-state index contributed by atoms with van der Waals surface area (Å²) in [5, 5.41) is 12.3. The Hall–Kier alpha value is -1.40. The lowest BCUT2D eigenvalue weighted by Crippen LogP contribution is -2.41. The molecule has 21 heavy (non-hydrogen) atoms. The molecule has 0 saturated carbocycles. The number of rotatable bonds is 3. The number of benzene rings is 1. The van der Waals surface area contributed by atoms with Gasteiger partial charge in [0.15, 0.2) is 0 Å². The lowest BCUT2D eigenvalue weighted by molar-refractivity contribution is -0.139. The molecule has 3 atom stereocenters. The number of carbonyl (C=O) groups is 1. The van der Waals surface area contributed by atoms with Crippen molar-refractivity contribution in [3.63, 3.8) is 0 Å². The number of ether oxygens (including phenoxy) is 2. The molecule has 1 aromatic rings. The Balaban J connectivity index is 1.91. The number of hydrogen-bond acceptors (Lipinski definition) is 5. The molecule has 0 bridgehead atoms. The van der Waals surface area contributed by atoms with E-state index in [9.17, 15) is 9.90 Å². The number of aliphatic carboxylic acids is 1. The Morgan fingerprint density at radius 1 is 1.52 bits per heavy atom. The van der Waals surface area contributed by atoms with E-state index in [1.165, 1.54) is 0 Å². The van der Waals surface area contributed by atoms with Crippen molar-refractivity contribution >= 4 is 17.7 Å². The Labute approximate surface area is 128 Å². The van der Waals surface area contributed by atoms with Crippen molar-refractivity contribution in [3.05, 3.63) is 23.3 Å². The molecule has 0 spiro atoms. The van der Waals surface area contributed by atoms with Gasteiger partial charge in [-0.05, 0) is 31.2 Å². The molecule has 114 valence electrons. The number of nitrogens with one attached hydrogen (secondary N) is 1. The molecule has 0 aliphatic carbocycles. The van der Waals surface area contributed by atoms with Gasteiger partial charge in [0.25, 0.3) is 0 Å². The van der Waals surface area contributed by atoms with Crippen molar-refractivity contribution in [2.24, 2.45) is 0 Å². The molecule has 1 fully saturated rings. The lowest BCUT2D eigenvalue weighted by atomic mass is 10.1. The zero-order chi connectivity index (χ0) is 15.0. The Bertz CT molecular complexity index is 563. The number of fused-ring (bicyclic) bond motifs is 1. The molecule has 2 N–H and O–H groups in total. The smallest absolute Gasteiger partial charge is 0.320 e. The summed E-state index contributed by atoms with van der Waals surface area (Å²) in [5.41, 5.74) is 2.11. The number of thioether (sulfide) groups is 1. The second-order valence-electron chi connectivity index (χ2n) is 5.43. The average Bonchev–Trinajstić information content (AvgIpc) is 2.84. The summed E-state index contributed by atoms with van der Waals surface area (Å²) in [6, 6.07) is 3.50. The highest BCUT2D eigenvalue weighted by Crippen LogP contribution is 2.42. The third-order valence-electron chi connectivity index (χ3n) is 3.87. The quantitative estimate of drug-likeness (QED) is 0.892. The molecule has 6 heteroatoms. The van der Waals surface area contributed by atoms with E-state index in [1.807, 2.05) is 19.1 Å². The van der Waals surface area contributed by atoms with Crippen LogP contribution >= 0.6 is 11.8 Å². The van der Waals surface area contributed by atoms with Crippen LogP contribution in [0.3, 0.4) is 0 Å². The van der Waals surface area contributed by atoms with Gasteiger partial charge in [0, 0.05) is 17.5 Å². The molecule has 2 aliphatic heterocycles. The molecular weight excluding hydrogens is 290 g/mol. The van der Waals surface area contributed by atoms with Crippen LogP contribution in [0.2, 0.25) is 0 Å². The van der Waals surface area contributed by atoms with Crippen LogP contribution in [-0.4, -0.2) is 36.1 Å². The van der Waals surface area contributed by atoms with Crippen LogP contribution < -0.4 is 14.8 Å². The first-order chi connectivity index (χ1) is 10.1. The Morgan fingerprint density at radius 2 is 2.33 bits per heavy atom. The number of hydrogen-bond donors (Lipinski definition) is 2. The first-order valence-corrected chi connectivity index (χ1v) is 8.11. The molecule has 0 aromatic heterocycles. The molecule has 3 unspecified atom stereocenters. The fourth-order valence-electron chi connectivity index (χ4n) is 2.83. The molecule has 2 aliphatic rings. The predicted molar refractivity (Wildman–Crippen MR) is 81.2 cm³/mol. The van der Waals surface area contributed by atoms with Crippen molar-refractivity contribution < 1.29 is 19.4 Å². The van der Waals surface area contributed by atoms with Gasteiger partial charge in [0.1, 0.15) is 23.6 Å². The van der Waals surface area contributed by atoms with Crippen LogP contribution in [0.25, 0.3) is 0 Å². The first kappa shape index (κ1) is 14.5. The van der Waals surface area contributed by atoms with Gasteiger partial charge in [0.2, 0.25) is 0 Å². The average molecular weight is 309 g/mol. The third kappa shape index (κ3) is 2.82. The maximum absolute atomic E-state index is 11.2. The minimum atomic E-state index is -0.801. The molecule has 3 rings (SSSR count). The van der Waals surface area contributed by atoms with E-state index in [0.717, 1.165) is 34.8 Å². The van der Waals surface area contributed by atoms with Crippen molar-refractivity contribution in [1.29, 1.82) is 0 Å². The summed E-state index contributed by atoms with van der Waals surface area (Å²) < 4.78 is 11.3. The second kappa shape index (κ2) is 5.77. The first-order valence-electron chi connectivity index (χ1n) is 7.06. The highest BCUT2D eigenvalue weighted by atomic mass is 32.2. The van der Waals surface area contributed by atoms with E-state index in [-0.39, 0.29) is 11.5 Å². The second-order valence-corrected chi connectivity index (χ2v) is 6.64. The van der Waals surface area contributed by atoms with Crippen molar-refractivity contribution in [1.82, 2.24) is 5.32 Å². The Morgan fingerprint density at radius 3 is 3.05 bits per heavy atom. The molecule has 1 aromatic carbocycles. The SMILES string of the molecule is COc1cc2c(cc1C1NC(C(=O)O)CCS1)OC(C)C2. The van der Waals surface area contributed by atoms with Crippen LogP contribution in [0.5, 0.6) is 11.5 Å². The number of methoxy groups -OCH3 is 1. The van der Waals surface area contributed by atoms with Gasteiger partial charge in [-0.2, -0.15) is 0 Å². The topological polar surface area (TPSA) is 67.8 Å². The highest BCUT2D eigenvalue weighted by Gasteiger charge is 2.31. The largest absolute Gasteiger partial charge is 0.496 e. The zero-order valence-electron chi connectivity index (χ0n) is 12.1. The summed E-state index contributed by atoms with van der Waals surface area (Å²) in [5.74, 6) is 1.69. The van der Waals surface area contributed by atoms with E-state index in [2.05, 4.69) is 5.32 Å². The zero-order valence-corrected chi connectivity index (χ0v) is 12.9. The van der Waals surface area contributed by atoms with Crippen LogP contribution in [0.15, 0.2) is 12.1 Å². The molecule has 2 heterocycles. The number of carboxylic acid groups (broad SMARTS) is 1. The summed E-state index contributed by atoms with van der Waals surface area (Å²) in [4.78, 5) is 11.2. The fraction of sp³-hybridized carbons (Fsp3) is 0.533. The summed E-state index contributed by atoms with van der Waals surface area (Å²) in [6.07, 6.45) is 1.70. The van der Waals surface area contributed by atoms with E-state index in [0.29, 0.717) is 6.42 Å². The predicted octanol–water partition coefficient (Wildman–Crippen LogP) is 2.20. The molecular formula is C15H19NO4S. The van der Waals surface area contributed by atoms with Gasteiger partial charge in [-0.3, -0.25) is 10.1 Å². The van der Waals surface area contributed by atoms with Gasteiger partial charge in [-0.25, -0.2) is 0 Å². The summed E-state index contributed by atoms with van der Waals surface area (Å²) in [6.45, 7) is 2.04. The van der Waals surface area contributed by atoms with Gasteiger partial charge in [-0.15, -0.1) is 11.8 Å². The highest BCUT2D eigenvalue weighted by molar-refractivity contribution is 7.99. The maximum atomic E-state index is 11.2. The van der Waals surface area contributed by atoms with Crippen LogP contribution in [-0.2, 0) is 11.2 Å². The van der Waals surface area contributed by atoms with Crippen molar-refractivity contribution in [2.75, 3.05) is 12.9 Å². The van der Waals surface area contributed by atoms with Crippen LogP contribution in [0.1, 0.15) is 29.8 Å². The van der Waals surface area contributed by atoms with Crippen molar-refractivity contribution in [2.45, 2.75) is 37.3 Å². The third-order valence-corrected chi connectivity index (χ3v) is 5.07. The van der Waals surface area contributed by atoms with Crippen LogP contribution in [0, 0.1) is 0 Å².